The minimum absolute atomic E-state index is 0.00359. The van der Waals surface area contributed by atoms with E-state index >= 15 is 0 Å². The quantitative estimate of drug-likeness (QED) is 0.648. The predicted molar refractivity (Wildman–Crippen MR) is 112 cm³/mol. The van der Waals surface area contributed by atoms with Crippen LogP contribution < -0.4 is 4.74 Å². The van der Waals surface area contributed by atoms with Crippen molar-refractivity contribution in [2.75, 3.05) is 13.1 Å². The maximum absolute atomic E-state index is 12.8. The van der Waals surface area contributed by atoms with Crippen LogP contribution in [0.2, 0.25) is 0 Å². The van der Waals surface area contributed by atoms with E-state index in [1.807, 2.05) is 20.8 Å². The molecule has 2 heterocycles. The van der Waals surface area contributed by atoms with Crippen LogP contribution in [0.25, 0.3) is 0 Å². The highest BCUT2D eigenvalue weighted by Crippen LogP contribution is 2.41. The lowest BCUT2D eigenvalue weighted by Gasteiger charge is -2.38. The summed E-state index contributed by atoms with van der Waals surface area (Å²) in [6.07, 6.45) is -2.09. The number of halogens is 3. The van der Waals surface area contributed by atoms with Gasteiger partial charge >= 0.3 is 12.5 Å². The molecule has 1 N–H and O–H groups in total. The van der Waals surface area contributed by atoms with Crippen LogP contribution >= 0.6 is 0 Å². The molecule has 2 fully saturated rings. The van der Waals surface area contributed by atoms with Gasteiger partial charge in [-0.05, 0) is 63.8 Å². The van der Waals surface area contributed by atoms with E-state index in [-0.39, 0.29) is 17.6 Å². The van der Waals surface area contributed by atoms with Crippen molar-refractivity contribution in [1.82, 2.24) is 15.1 Å². The number of carbonyl (C=O) groups is 1. The van der Waals surface area contributed by atoms with Crippen LogP contribution in [-0.4, -0.2) is 46.2 Å². The molecule has 2 atom stereocenters. The van der Waals surface area contributed by atoms with E-state index in [0.29, 0.717) is 19.0 Å². The van der Waals surface area contributed by atoms with Crippen molar-refractivity contribution in [3.05, 3.63) is 47.3 Å². The first-order valence-electron chi connectivity index (χ1n) is 10.9. The van der Waals surface area contributed by atoms with E-state index < -0.39 is 18.1 Å². The van der Waals surface area contributed by atoms with E-state index in [4.69, 9.17) is 4.74 Å². The Labute approximate surface area is 185 Å². The SMILES string of the molecule is CC(C)(C)OC(=O)N1CC(c2ccc(OC(F)(F)F)cc2)CC(c2cc(C3CC3)[nH]n2)C1. The number of rotatable bonds is 4. The van der Waals surface area contributed by atoms with Gasteiger partial charge in [0.15, 0.2) is 0 Å². The van der Waals surface area contributed by atoms with E-state index in [9.17, 15) is 18.0 Å². The van der Waals surface area contributed by atoms with Gasteiger partial charge in [-0.2, -0.15) is 5.10 Å². The third-order valence-corrected chi connectivity index (χ3v) is 5.74. The fourth-order valence-corrected chi connectivity index (χ4v) is 4.14. The zero-order valence-corrected chi connectivity index (χ0v) is 18.4. The molecule has 1 saturated carbocycles. The maximum atomic E-state index is 12.8. The van der Waals surface area contributed by atoms with Gasteiger partial charge in [0.05, 0.1) is 5.69 Å². The molecule has 6 nitrogen and oxygen atoms in total. The van der Waals surface area contributed by atoms with Crippen LogP contribution in [0.1, 0.15) is 74.7 Å². The van der Waals surface area contributed by atoms with Crippen LogP contribution in [-0.2, 0) is 4.74 Å². The average Bonchev–Trinajstić information content (AvgIpc) is 3.42. The van der Waals surface area contributed by atoms with Gasteiger partial charge in [-0.15, -0.1) is 13.2 Å². The molecular formula is C23H28F3N3O3. The molecule has 1 saturated heterocycles. The first-order chi connectivity index (χ1) is 15.0. The Balaban J connectivity index is 1.55. The number of nitrogens with one attached hydrogen (secondary N) is 1. The number of ether oxygens (including phenoxy) is 2. The largest absolute Gasteiger partial charge is 0.573 e. The van der Waals surface area contributed by atoms with Crippen molar-refractivity contribution in [2.24, 2.45) is 0 Å². The van der Waals surface area contributed by atoms with Gasteiger partial charge in [0, 0.05) is 36.5 Å². The van der Waals surface area contributed by atoms with Gasteiger partial charge in [-0.1, -0.05) is 12.1 Å². The number of likely N-dealkylation sites (tertiary alicyclic amines) is 1. The Morgan fingerprint density at radius 1 is 1.06 bits per heavy atom. The zero-order chi connectivity index (χ0) is 23.1. The minimum Gasteiger partial charge on any atom is -0.444 e. The molecule has 1 aromatic heterocycles. The maximum Gasteiger partial charge on any atom is 0.573 e. The molecule has 2 unspecified atom stereocenters. The molecule has 0 radical (unpaired) electrons. The number of hydrogen-bond donors (Lipinski definition) is 1. The Kier molecular flexibility index (Phi) is 5.85. The van der Waals surface area contributed by atoms with E-state index in [2.05, 4.69) is 21.0 Å². The molecule has 1 aromatic carbocycles. The molecule has 0 spiro atoms. The topological polar surface area (TPSA) is 67.4 Å². The second-order valence-electron chi connectivity index (χ2n) is 9.65. The lowest BCUT2D eigenvalue weighted by molar-refractivity contribution is -0.274. The van der Waals surface area contributed by atoms with Crippen molar-refractivity contribution in [3.63, 3.8) is 0 Å². The summed E-state index contributed by atoms with van der Waals surface area (Å²) < 4.78 is 47.0. The van der Waals surface area contributed by atoms with Crippen molar-refractivity contribution >= 4 is 6.09 Å². The van der Waals surface area contributed by atoms with Crippen LogP contribution in [0.3, 0.4) is 0 Å². The second kappa shape index (κ2) is 8.33. The second-order valence-corrected chi connectivity index (χ2v) is 9.65. The molecule has 2 aromatic rings. The molecule has 0 bridgehead atoms. The van der Waals surface area contributed by atoms with Crippen molar-refractivity contribution in [2.45, 2.75) is 69.8 Å². The van der Waals surface area contributed by atoms with Gasteiger partial charge in [0.1, 0.15) is 11.4 Å². The number of alkyl halides is 3. The molecule has 1 aliphatic carbocycles. The highest BCUT2D eigenvalue weighted by molar-refractivity contribution is 5.68. The number of benzene rings is 1. The van der Waals surface area contributed by atoms with Crippen molar-refractivity contribution < 1.29 is 27.4 Å². The third-order valence-electron chi connectivity index (χ3n) is 5.74. The smallest absolute Gasteiger partial charge is 0.444 e. The standard InChI is InChI=1S/C23H28F3N3O3/c1-22(2,3)32-21(30)29-12-16(14-6-8-18(9-7-14)31-23(24,25)26)10-17(13-29)20-11-19(27-28-20)15-4-5-15/h6-9,11,15-17H,4-5,10,12-13H2,1-3H3,(H,27,28). The van der Waals surface area contributed by atoms with Crippen molar-refractivity contribution in [1.29, 1.82) is 0 Å². The summed E-state index contributed by atoms with van der Waals surface area (Å²) in [6.45, 7) is 6.36. The monoisotopic (exact) mass is 451 g/mol. The van der Waals surface area contributed by atoms with Gasteiger partial charge in [-0.3, -0.25) is 5.10 Å². The number of aromatic nitrogens is 2. The lowest BCUT2D eigenvalue weighted by Crippen LogP contribution is -2.45. The first kappa shape index (κ1) is 22.5. The Hall–Kier alpha value is -2.71. The number of amides is 1. The molecule has 32 heavy (non-hydrogen) atoms. The molecular weight excluding hydrogens is 423 g/mol. The summed E-state index contributed by atoms with van der Waals surface area (Å²) >= 11 is 0. The molecule has 9 heteroatoms. The van der Waals surface area contributed by atoms with Gasteiger partial charge < -0.3 is 14.4 Å². The zero-order valence-electron chi connectivity index (χ0n) is 18.4. The number of piperidine rings is 1. The highest BCUT2D eigenvalue weighted by Gasteiger charge is 2.36. The van der Waals surface area contributed by atoms with Gasteiger partial charge in [0.2, 0.25) is 0 Å². The summed E-state index contributed by atoms with van der Waals surface area (Å²) in [5.41, 5.74) is 2.25. The number of aromatic amines is 1. The van der Waals surface area contributed by atoms with E-state index in [0.717, 1.165) is 36.2 Å². The molecule has 4 rings (SSSR count). The summed E-state index contributed by atoms with van der Waals surface area (Å²) in [7, 11) is 0. The fourth-order valence-electron chi connectivity index (χ4n) is 4.14. The number of nitrogens with zero attached hydrogens (tertiary/aromatic N) is 2. The van der Waals surface area contributed by atoms with E-state index in [1.54, 1.807) is 17.0 Å². The van der Waals surface area contributed by atoms with Crippen LogP contribution in [0, 0.1) is 0 Å². The number of H-pyrrole nitrogens is 1. The Morgan fingerprint density at radius 2 is 1.72 bits per heavy atom. The first-order valence-corrected chi connectivity index (χ1v) is 10.9. The highest BCUT2D eigenvalue weighted by atomic mass is 19.4. The lowest BCUT2D eigenvalue weighted by atomic mass is 9.83. The van der Waals surface area contributed by atoms with Crippen molar-refractivity contribution in [3.8, 4) is 5.75 Å². The van der Waals surface area contributed by atoms with Crippen LogP contribution in [0.15, 0.2) is 30.3 Å². The molecule has 1 aliphatic heterocycles. The molecule has 2 aliphatic rings. The normalized spacial score (nSPS) is 22.0. The average molecular weight is 451 g/mol. The fraction of sp³-hybridized carbons (Fsp3) is 0.565. The number of hydrogen-bond acceptors (Lipinski definition) is 4. The van der Waals surface area contributed by atoms with Crippen LogP contribution in [0.4, 0.5) is 18.0 Å². The third kappa shape index (κ3) is 5.75. The van der Waals surface area contributed by atoms with Gasteiger partial charge in [0.25, 0.3) is 0 Å². The van der Waals surface area contributed by atoms with Gasteiger partial charge in [-0.25, -0.2) is 4.79 Å². The number of carbonyl (C=O) groups excluding carboxylic acids is 1. The van der Waals surface area contributed by atoms with Crippen LogP contribution in [0.5, 0.6) is 5.75 Å². The summed E-state index contributed by atoms with van der Waals surface area (Å²) in [4.78, 5) is 14.5. The molecule has 174 valence electrons. The summed E-state index contributed by atoms with van der Waals surface area (Å²) in [5.74, 6) is 0.205. The summed E-state index contributed by atoms with van der Waals surface area (Å²) in [6, 6.07) is 7.95. The predicted octanol–water partition coefficient (Wildman–Crippen LogP) is 5.69. The summed E-state index contributed by atoms with van der Waals surface area (Å²) in [5, 5.41) is 7.63. The van der Waals surface area contributed by atoms with E-state index in [1.165, 1.54) is 12.1 Å². The molecule has 1 amide bonds. The Morgan fingerprint density at radius 3 is 2.31 bits per heavy atom. The minimum atomic E-state index is -4.73. The Bertz CT molecular complexity index is 946.